The summed E-state index contributed by atoms with van der Waals surface area (Å²) in [5.74, 6) is 0. The summed E-state index contributed by atoms with van der Waals surface area (Å²) in [6.07, 6.45) is 2.13. The topological polar surface area (TPSA) is 53.6 Å². The lowest BCUT2D eigenvalue weighted by Gasteiger charge is -2.36. The van der Waals surface area contributed by atoms with Crippen LogP contribution in [0.15, 0.2) is 18.2 Å². The highest BCUT2D eigenvalue weighted by Crippen LogP contribution is 2.22. The van der Waals surface area contributed by atoms with Crippen molar-refractivity contribution in [2.45, 2.75) is 58.4 Å². The Morgan fingerprint density at radius 1 is 1.30 bits per heavy atom. The van der Waals surface area contributed by atoms with Gasteiger partial charge in [-0.05, 0) is 56.9 Å². The number of anilines is 1. The molecule has 126 valence electrons. The van der Waals surface area contributed by atoms with Gasteiger partial charge >= 0.3 is 6.03 Å². The van der Waals surface area contributed by atoms with Gasteiger partial charge in [0.15, 0.2) is 0 Å². The van der Waals surface area contributed by atoms with Gasteiger partial charge in [0, 0.05) is 31.9 Å². The number of nitrogens with one attached hydrogen (secondary N) is 2. The van der Waals surface area contributed by atoms with E-state index >= 15 is 0 Å². The lowest BCUT2D eigenvalue weighted by Crippen LogP contribution is -2.47. The van der Waals surface area contributed by atoms with Crippen LogP contribution in [0.3, 0.4) is 0 Å². The Morgan fingerprint density at radius 3 is 2.87 bits per heavy atom. The monoisotopic (exact) mass is 317 g/mol. The van der Waals surface area contributed by atoms with Crippen LogP contribution in [0.2, 0.25) is 0 Å². The van der Waals surface area contributed by atoms with E-state index in [0.29, 0.717) is 6.54 Å². The third-order valence-corrected chi connectivity index (χ3v) is 4.27. The predicted molar refractivity (Wildman–Crippen MR) is 91.4 cm³/mol. The molecule has 1 saturated heterocycles. The number of carbonyl (C=O) groups is 1. The third kappa shape index (κ3) is 4.24. The Labute approximate surface area is 138 Å². The molecule has 1 atom stereocenters. The Kier molecular flexibility index (Phi) is 4.60. The van der Waals surface area contributed by atoms with Gasteiger partial charge in [-0.3, -0.25) is 0 Å². The second-order valence-electron chi connectivity index (χ2n) is 7.46. The molecule has 0 aliphatic carbocycles. The summed E-state index contributed by atoms with van der Waals surface area (Å²) in [5.41, 5.74) is 3.29. The first-order valence-electron chi connectivity index (χ1n) is 8.47. The quantitative estimate of drug-likeness (QED) is 0.881. The third-order valence-electron chi connectivity index (χ3n) is 4.27. The zero-order valence-corrected chi connectivity index (χ0v) is 14.3. The molecule has 0 saturated carbocycles. The van der Waals surface area contributed by atoms with Gasteiger partial charge in [-0.1, -0.05) is 6.07 Å². The van der Waals surface area contributed by atoms with Crippen LogP contribution >= 0.6 is 0 Å². The van der Waals surface area contributed by atoms with Crippen LogP contribution in [-0.2, 0) is 17.8 Å². The lowest BCUT2D eigenvalue weighted by molar-refractivity contribution is -0.0801. The van der Waals surface area contributed by atoms with Gasteiger partial charge in [-0.2, -0.15) is 0 Å². The van der Waals surface area contributed by atoms with E-state index in [9.17, 15) is 4.79 Å². The molecule has 2 heterocycles. The maximum absolute atomic E-state index is 12.5. The largest absolute Gasteiger partial charge is 0.371 e. The van der Waals surface area contributed by atoms with Crippen LogP contribution in [0.1, 0.15) is 44.7 Å². The number of amides is 2. The van der Waals surface area contributed by atoms with E-state index in [4.69, 9.17) is 4.74 Å². The molecule has 2 aliphatic rings. The van der Waals surface area contributed by atoms with Crippen molar-refractivity contribution in [3.05, 3.63) is 29.3 Å². The molecule has 1 fully saturated rings. The van der Waals surface area contributed by atoms with E-state index in [1.165, 1.54) is 11.1 Å². The van der Waals surface area contributed by atoms with Crippen molar-refractivity contribution in [1.82, 2.24) is 10.2 Å². The molecule has 23 heavy (non-hydrogen) atoms. The first-order chi connectivity index (χ1) is 10.9. The molecule has 0 unspecified atom stereocenters. The molecule has 1 aromatic rings. The minimum atomic E-state index is -0.170. The van der Waals surface area contributed by atoms with Gasteiger partial charge in [-0.15, -0.1) is 0 Å². The second-order valence-corrected chi connectivity index (χ2v) is 7.46. The highest BCUT2D eigenvalue weighted by Gasteiger charge is 2.27. The van der Waals surface area contributed by atoms with Crippen molar-refractivity contribution in [3.63, 3.8) is 0 Å². The summed E-state index contributed by atoms with van der Waals surface area (Å²) >= 11 is 0. The summed E-state index contributed by atoms with van der Waals surface area (Å²) in [6, 6.07) is 6.11. The number of nitrogens with zero attached hydrogens (tertiary/aromatic N) is 1. The fourth-order valence-corrected chi connectivity index (χ4v) is 3.29. The van der Waals surface area contributed by atoms with Gasteiger partial charge in [0.25, 0.3) is 0 Å². The number of piperidine rings is 1. The highest BCUT2D eigenvalue weighted by atomic mass is 16.5. The molecular weight excluding hydrogens is 290 g/mol. The summed E-state index contributed by atoms with van der Waals surface area (Å²) in [4.78, 5) is 14.4. The number of urea groups is 1. The lowest BCUT2D eigenvalue weighted by atomic mass is 10.1. The first kappa shape index (κ1) is 16.3. The molecule has 2 N–H and O–H groups in total. The van der Waals surface area contributed by atoms with Crippen LogP contribution in [0.5, 0.6) is 0 Å². The van der Waals surface area contributed by atoms with E-state index in [-0.39, 0.29) is 17.7 Å². The molecular formula is C18H27N3O2. The number of benzene rings is 1. The molecule has 0 bridgehead atoms. The molecule has 3 rings (SSSR count). The van der Waals surface area contributed by atoms with Gasteiger partial charge in [0.2, 0.25) is 0 Å². The maximum atomic E-state index is 12.5. The number of rotatable bonds is 2. The van der Waals surface area contributed by atoms with Crippen LogP contribution < -0.4 is 10.6 Å². The van der Waals surface area contributed by atoms with Crippen molar-refractivity contribution in [1.29, 1.82) is 0 Å². The Morgan fingerprint density at radius 2 is 2.09 bits per heavy atom. The summed E-state index contributed by atoms with van der Waals surface area (Å²) in [7, 11) is 0. The number of hydrogen-bond donors (Lipinski definition) is 2. The first-order valence-corrected chi connectivity index (χ1v) is 8.47. The van der Waals surface area contributed by atoms with Crippen molar-refractivity contribution in [2.75, 3.05) is 18.4 Å². The molecule has 0 aromatic heterocycles. The Balaban J connectivity index is 1.59. The number of carbonyl (C=O) groups excluding carboxylic acids is 1. The molecule has 0 radical (unpaired) electrons. The summed E-state index contributed by atoms with van der Waals surface area (Å²) < 4.78 is 6.04. The average Bonchev–Trinajstić information content (AvgIpc) is 2.93. The van der Waals surface area contributed by atoms with E-state index in [1.807, 2.05) is 11.0 Å². The SMILES string of the molecule is CC(C)(C)O[C@H]1CCCN(C(=O)Nc2ccc3c(c2)CNC3)C1. The Bertz CT molecular complexity index is 580. The van der Waals surface area contributed by atoms with Crippen LogP contribution in [-0.4, -0.2) is 35.7 Å². The Hall–Kier alpha value is -1.59. The smallest absolute Gasteiger partial charge is 0.321 e. The number of hydrogen-bond acceptors (Lipinski definition) is 3. The highest BCUT2D eigenvalue weighted by molar-refractivity contribution is 5.89. The maximum Gasteiger partial charge on any atom is 0.321 e. The van der Waals surface area contributed by atoms with Gasteiger partial charge in [0.05, 0.1) is 11.7 Å². The molecule has 2 aliphatic heterocycles. The van der Waals surface area contributed by atoms with Crippen molar-refractivity contribution >= 4 is 11.7 Å². The van der Waals surface area contributed by atoms with Crippen molar-refractivity contribution in [2.24, 2.45) is 0 Å². The van der Waals surface area contributed by atoms with Crippen LogP contribution in [0.25, 0.3) is 0 Å². The fraction of sp³-hybridized carbons (Fsp3) is 0.611. The second kappa shape index (κ2) is 6.49. The van der Waals surface area contributed by atoms with E-state index < -0.39 is 0 Å². The van der Waals surface area contributed by atoms with E-state index in [2.05, 4.69) is 43.5 Å². The minimum absolute atomic E-state index is 0.0295. The molecule has 0 spiro atoms. The van der Waals surface area contributed by atoms with Gasteiger partial charge in [0.1, 0.15) is 0 Å². The normalized spacial score (nSPS) is 21.2. The van der Waals surface area contributed by atoms with Crippen LogP contribution in [0, 0.1) is 0 Å². The number of fused-ring (bicyclic) bond motifs is 1. The van der Waals surface area contributed by atoms with E-state index in [0.717, 1.165) is 38.2 Å². The minimum Gasteiger partial charge on any atom is -0.371 e. The zero-order valence-electron chi connectivity index (χ0n) is 14.3. The van der Waals surface area contributed by atoms with Crippen LogP contribution in [0.4, 0.5) is 10.5 Å². The standard InChI is InChI=1S/C18H27N3O2/c1-18(2,3)23-16-5-4-8-21(12-16)17(22)20-15-7-6-13-10-19-11-14(13)9-15/h6-7,9,16,19H,4-5,8,10-12H2,1-3H3,(H,20,22)/t16-/m0/s1. The molecule has 1 aromatic carbocycles. The number of ether oxygens (including phenoxy) is 1. The van der Waals surface area contributed by atoms with E-state index in [1.54, 1.807) is 0 Å². The van der Waals surface area contributed by atoms with Crippen molar-refractivity contribution in [3.8, 4) is 0 Å². The van der Waals surface area contributed by atoms with Gasteiger partial charge < -0.3 is 20.3 Å². The molecule has 2 amide bonds. The predicted octanol–water partition coefficient (Wildman–Crippen LogP) is 3.10. The summed E-state index contributed by atoms with van der Waals surface area (Å²) in [6.45, 7) is 9.43. The fourth-order valence-electron chi connectivity index (χ4n) is 3.29. The summed E-state index contributed by atoms with van der Waals surface area (Å²) in [5, 5.41) is 6.35. The average molecular weight is 317 g/mol. The van der Waals surface area contributed by atoms with Crippen molar-refractivity contribution < 1.29 is 9.53 Å². The van der Waals surface area contributed by atoms with Gasteiger partial charge in [-0.25, -0.2) is 4.79 Å². The number of likely N-dealkylation sites (tertiary alicyclic amines) is 1. The zero-order chi connectivity index (χ0) is 16.4. The molecule has 5 heteroatoms. The molecule has 5 nitrogen and oxygen atoms in total.